The van der Waals surface area contributed by atoms with Crippen LogP contribution in [0.4, 0.5) is 0 Å². The van der Waals surface area contributed by atoms with Crippen LogP contribution in [-0.4, -0.2) is 22.7 Å². The van der Waals surface area contributed by atoms with Gasteiger partial charge in [0.15, 0.2) is 0 Å². The van der Waals surface area contributed by atoms with Crippen molar-refractivity contribution in [3.8, 4) is 5.75 Å². The van der Waals surface area contributed by atoms with Gasteiger partial charge in [-0.05, 0) is 48.0 Å². The number of carbonyl (C=O) groups is 1. The Morgan fingerprint density at radius 1 is 0.966 bits per heavy atom. The van der Waals surface area contributed by atoms with Crippen molar-refractivity contribution < 1.29 is 9.53 Å². The highest BCUT2D eigenvalue weighted by Gasteiger charge is 2.43. The summed E-state index contributed by atoms with van der Waals surface area (Å²) in [5, 5.41) is 7.76. The van der Waals surface area contributed by atoms with Crippen molar-refractivity contribution >= 4 is 34.7 Å². The molecule has 0 saturated carbocycles. The second-order valence-corrected chi connectivity index (χ2v) is 7.91. The molecule has 0 spiro atoms. The molecule has 144 valence electrons. The smallest absolute Gasteiger partial charge is 0.251 e. The summed E-state index contributed by atoms with van der Waals surface area (Å²) in [6.07, 6.45) is -0.179. The first-order chi connectivity index (χ1) is 14.1. The van der Waals surface area contributed by atoms with Crippen LogP contribution in [0.15, 0.2) is 77.9 Å². The molecule has 2 heterocycles. The number of halogens is 2. The second-order valence-electron chi connectivity index (χ2n) is 7.04. The number of hydrogen-bond acceptors (Lipinski definition) is 4. The van der Waals surface area contributed by atoms with Crippen LogP contribution < -0.4 is 4.74 Å². The highest BCUT2D eigenvalue weighted by atomic mass is 35.5. The summed E-state index contributed by atoms with van der Waals surface area (Å²) in [6, 6.07) is 22.1. The van der Waals surface area contributed by atoms with Crippen LogP contribution in [0.1, 0.15) is 33.9 Å². The van der Waals surface area contributed by atoms with E-state index in [0.29, 0.717) is 27.8 Å². The van der Waals surface area contributed by atoms with E-state index in [1.165, 1.54) is 0 Å². The van der Waals surface area contributed by atoms with Gasteiger partial charge in [0.25, 0.3) is 6.23 Å². The normalized spacial score (nSPS) is 19.8. The zero-order valence-corrected chi connectivity index (χ0v) is 16.8. The van der Waals surface area contributed by atoms with E-state index in [2.05, 4.69) is 0 Å². The van der Waals surface area contributed by atoms with Crippen molar-refractivity contribution in [1.82, 2.24) is 5.01 Å². The molecule has 3 aromatic carbocycles. The summed E-state index contributed by atoms with van der Waals surface area (Å²) in [5.74, 6) is 0.498. The molecule has 0 aromatic heterocycles. The van der Waals surface area contributed by atoms with Crippen molar-refractivity contribution in [3.63, 3.8) is 0 Å². The summed E-state index contributed by atoms with van der Waals surface area (Å²) in [7, 11) is 0. The summed E-state index contributed by atoms with van der Waals surface area (Å²) in [6.45, 7) is 0. The molecule has 2 aliphatic heterocycles. The third-order valence-electron chi connectivity index (χ3n) is 5.21. The molecule has 0 radical (unpaired) electrons. The van der Waals surface area contributed by atoms with Gasteiger partial charge in [-0.3, -0.25) is 4.79 Å². The summed E-state index contributed by atoms with van der Waals surface area (Å²) >= 11 is 12.2. The lowest BCUT2D eigenvalue weighted by Gasteiger charge is -2.37. The maximum atomic E-state index is 13.3. The number of hydrogen-bond donors (Lipinski definition) is 0. The van der Waals surface area contributed by atoms with Gasteiger partial charge in [-0.1, -0.05) is 53.5 Å². The fraction of sp³-hybridized carbons (Fsp3) is 0.130. The van der Waals surface area contributed by atoms with Crippen molar-refractivity contribution in [2.45, 2.75) is 18.7 Å². The van der Waals surface area contributed by atoms with E-state index in [1.807, 2.05) is 42.5 Å². The Balaban J connectivity index is 1.57. The first kappa shape index (κ1) is 18.2. The Bertz CT molecular complexity index is 1110. The first-order valence-corrected chi connectivity index (χ1v) is 10.0. The van der Waals surface area contributed by atoms with Gasteiger partial charge in [-0.2, -0.15) is 5.10 Å². The van der Waals surface area contributed by atoms with Crippen molar-refractivity contribution in [2.24, 2.45) is 5.10 Å². The van der Waals surface area contributed by atoms with Gasteiger partial charge in [0.2, 0.25) is 5.78 Å². The number of benzene rings is 3. The molecular formula is C23H16Cl2N2O2. The van der Waals surface area contributed by atoms with Crippen molar-refractivity contribution in [1.29, 1.82) is 0 Å². The molecule has 0 fully saturated rings. The number of fused-ring (bicyclic) bond motifs is 3. The average Bonchev–Trinajstić information content (AvgIpc) is 3.20. The Labute approximate surface area is 178 Å². The van der Waals surface area contributed by atoms with E-state index in [4.69, 9.17) is 33.0 Å². The van der Waals surface area contributed by atoms with E-state index in [-0.39, 0.29) is 11.8 Å². The molecule has 0 bridgehead atoms. The van der Waals surface area contributed by atoms with Gasteiger partial charge in [-0.15, -0.1) is 0 Å². The topological polar surface area (TPSA) is 41.9 Å². The lowest BCUT2D eigenvalue weighted by Crippen LogP contribution is -2.45. The van der Waals surface area contributed by atoms with Crippen LogP contribution in [0.25, 0.3) is 0 Å². The van der Waals surface area contributed by atoms with E-state index < -0.39 is 6.23 Å². The predicted octanol–water partition coefficient (Wildman–Crippen LogP) is 5.75. The van der Waals surface area contributed by atoms with E-state index >= 15 is 0 Å². The highest BCUT2D eigenvalue weighted by molar-refractivity contribution is 6.31. The monoisotopic (exact) mass is 422 g/mol. The molecule has 2 aliphatic rings. The summed E-state index contributed by atoms with van der Waals surface area (Å²) in [5.41, 5.74) is 3.41. The Kier molecular flexibility index (Phi) is 4.53. The molecule has 0 aliphatic carbocycles. The predicted molar refractivity (Wildman–Crippen MR) is 114 cm³/mol. The SMILES string of the molecule is O=C(c1ccc(Cl)cc1)[C@H]1Oc2ccc(Cl)cc2[C@H]2CC(c3ccccc3)=NN12. The Morgan fingerprint density at radius 2 is 1.69 bits per heavy atom. The van der Waals surface area contributed by atoms with Crippen LogP contribution >= 0.6 is 23.2 Å². The number of ketones is 1. The molecule has 0 saturated heterocycles. The number of carbonyl (C=O) groups excluding carboxylic acids is 1. The summed E-state index contributed by atoms with van der Waals surface area (Å²) < 4.78 is 6.11. The largest absolute Gasteiger partial charge is 0.461 e. The van der Waals surface area contributed by atoms with E-state index in [9.17, 15) is 4.79 Å². The van der Waals surface area contributed by atoms with Crippen molar-refractivity contribution in [2.75, 3.05) is 0 Å². The van der Waals surface area contributed by atoms with Crippen LogP contribution in [0, 0.1) is 0 Å². The fourth-order valence-electron chi connectivity index (χ4n) is 3.79. The van der Waals surface area contributed by atoms with Crippen LogP contribution in [0.2, 0.25) is 10.0 Å². The van der Waals surface area contributed by atoms with Gasteiger partial charge in [-0.25, -0.2) is 5.01 Å². The highest BCUT2D eigenvalue weighted by Crippen LogP contribution is 2.44. The Morgan fingerprint density at radius 3 is 2.45 bits per heavy atom. The van der Waals surface area contributed by atoms with Gasteiger partial charge in [0, 0.05) is 27.6 Å². The maximum Gasteiger partial charge on any atom is 0.251 e. The molecular weight excluding hydrogens is 407 g/mol. The zero-order valence-electron chi connectivity index (χ0n) is 15.3. The molecule has 0 N–H and O–H groups in total. The molecule has 4 nitrogen and oxygen atoms in total. The molecule has 0 amide bonds. The molecule has 6 heteroatoms. The first-order valence-electron chi connectivity index (χ1n) is 9.27. The lowest BCUT2D eigenvalue weighted by molar-refractivity contribution is -0.00455. The van der Waals surface area contributed by atoms with Gasteiger partial charge in [0.05, 0.1) is 11.8 Å². The number of nitrogens with zero attached hydrogens (tertiary/aromatic N) is 2. The van der Waals surface area contributed by atoms with Gasteiger partial charge >= 0.3 is 0 Å². The van der Waals surface area contributed by atoms with Gasteiger partial charge < -0.3 is 4.74 Å². The number of hydrazone groups is 1. The average molecular weight is 423 g/mol. The number of rotatable bonds is 3. The molecule has 29 heavy (non-hydrogen) atoms. The minimum absolute atomic E-state index is 0.117. The zero-order chi connectivity index (χ0) is 20.0. The minimum atomic E-state index is -0.851. The van der Waals surface area contributed by atoms with Crippen LogP contribution in [0.5, 0.6) is 5.75 Å². The van der Waals surface area contributed by atoms with E-state index in [0.717, 1.165) is 16.8 Å². The Hall–Kier alpha value is -2.82. The standard InChI is InChI=1S/C23H16Cl2N2O2/c24-16-8-6-15(7-9-16)22(28)23-27-20(18-12-17(25)10-11-21(18)29-23)13-19(26-27)14-4-2-1-3-5-14/h1-12,20,23H,13H2/t20-,23-/m1/s1. The number of ether oxygens (including phenoxy) is 1. The molecule has 5 rings (SSSR count). The summed E-state index contributed by atoms with van der Waals surface area (Å²) in [4.78, 5) is 13.3. The number of Topliss-reactive ketones (excluding diaryl/α,β-unsaturated/α-hetero) is 1. The third-order valence-corrected chi connectivity index (χ3v) is 5.70. The minimum Gasteiger partial charge on any atom is -0.461 e. The molecule has 2 atom stereocenters. The molecule has 0 unspecified atom stereocenters. The second kappa shape index (κ2) is 7.21. The third kappa shape index (κ3) is 3.28. The van der Waals surface area contributed by atoms with Gasteiger partial charge in [0.1, 0.15) is 5.75 Å². The lowest BCUT2D eigenvalue weighted by atomic mass is 9.96. The fourth-order valence-corrected chi connectivity index (χ4v) is 4.10. The van der Waals surface area contributed by atoms with Crippen LogP contribution in [0.3, 0.4) is 0 Å². The maximum absolute atomic E-state index is 13.3. The van der Waals surface area contributed by atoms with Crippen molar-refractivity contribution in [3.05, 3.63) is 99.5 Å². The van der Waals surface area contributed by atoms with E-state index in [1.54, 1.807) is 35.3 Å². The quantitative estimate of drug-likeness (QED) is 0.504. The van der Waals surface area contributed by atoms with Crippen LogP contribution in [-0.2, 0) is 0 Å². The molecule has 3 aromatic rings.